The van der Waals surface area contributed by atoms with E-state index in [2.05, 4.69) is 24.4 Å². The van der Waals surface area contributed by atoms with Gasteiger partial charge in [0.05, 0.1) is 0 Å². The number of carbonyl (C=O) groups is 2. The molecule has 2 heterocycles. The van der Waals surface area contributed by atoms with Crippen molar-refractivity contribution in [1.29, 1.82) is 0 Å². The Morgan fingerprint density at radius 1 is 1.19 bits per heavy atom. The first-order valence-corrected chi connectivity index (χ1v) is 8.44. The maximum absolute atomic E-state index is 13.0. The van der Waals surface area contributed by atoms with Crippen LogP contribution in [0.2, 0.25) is 0 Å². The van der Waals surface area contributed by atoms with Crippen LogP contribution in [0.1, 0.15) is 41.5 Å². The molecule has 0 radical (unpaired) electrons. The van der Waals surface area contributed by atoms with E-state index in [1.165, 1.54) is 5.56 Å². The molecule has 0 saturated carbocycles. The number of rotatable bonds is 1. The smallest absolute Gasteiger partial charge is 0.236 e. The largest absolute Gasteiger partial charge is 0.342 e. The summed E-state index contributed by atoms with van der Waals surface area (Å²) in [5, 5.41) is 3.44. The van der Waals surface area contributed by atoms with E-state index in [0.29, 0.717) is 11.0 Å². The molecule has 21 heavy (non-hydrogen) atoms. The van der Waals surface area contributed by atoms with Crippen molar-refractivity contribution in [2.24, 2.45) is 0 Å². The monoisotopic (exact) mass is 303 g/mol. The predicted octanol–water partition coefficient (Wildman–Crippen LogP) is 2.66. The molecule has 3 nitrogen and oxygen atoms in total. The maximum atomic E-state index is 13.0. The summed E-state index contributed by atoms with van der Waals surface area (Å²) < 4.78 is 0. The van der Waals surface area contributed by atoms with Crippen LogP contribution in [0.3, 0.4) is 0 Å². The average molecular weight is 303 g/mol. The quantitative estimate of drug-likeness (QED) is 0.811. The van der Waals surface area contributed by atoms with Gasteiger partial charge in [-0.2, -0.15) is 11.8 Å². The van der Waals surface area contributed by atoms with Crippen LogP contribution in [-0.4, -0.2) is 28.2 Å². The van der Waals surface area contributed by atoms with E-state index in [1.807, 2.05) is 20.8 Å². The van der Waals surface area contributed by atoms with Gasteiger partial charge < -0.3 is 5.32 Å². The second kappa shape index (κ2) is 4.87. The SMILES string of the molecule is Cc1cc(C)c(C2C(=O)NC3(CSC(C)C3)C2=O)c(C)c1. The molecule has 2 saturated heterocycles. The summed E-state index contributed by atoms with van der Waals surface area (Å²) >= 11 is 1.77. The number of thioether (sulfide) groups is 1. The molecule has 0 aromatic heterocycles. The Balaban J connectivity index is 2.04. The Labute approximate surface area is 129 Å². The first-order chi connectivity index (χ1) is 9.84. The van der Waals surface area contributed by atoms with Gasteiger partial charge in [0, 0.05) is 11.0 Å². The Morgan fingerprint density at radius 3 is 2.33 bits per heavy atom. The molecular formula is C17H21NO2S. The number of hydrogen-bond acceptors (Lipinski definition) is 3. The van der Waals surface area contributed by atoms with Gasteiger partial charge in [-0.25, -0.2) is 0 Å². The summed E-state index contributed by atoms with van der Waals surface area (Å²) in [6, 6.07) is 4.11. The van der Waals surface area contributed by atoms with Gasteiger partial charge >= 0.3 is 0 Å². The van der Waals surface area contributed by atoms with Gasteiger partial charge in [-0.3, -0.25) is 9.59 Å². The number of ketones is 1. The average Bonchev–Trinajstić information content (AvgIpc) is 2.84. The molecule has 3 unspecified atom stereocenters. The Morgan fingerprint density at radius 2 is 1.81 bits per heavy atom. The highest BCUT2D eigenvalue weighted by Crippen LogP contribution is 2.43. The van der Waals surface area contributed by atoms with Crippen molar-refractivity contribution < 1.29 is 9.59 Å². The van der Waals surface area contributed by atoms with Crippen LogP contribution in [-0.2, 0) is 9.59 Å². The standard InChI is InChI=1S/C17H21NO2S/c1-9-5-10(2)13(11(3)6-9)14-15(19)17(18-16(14)20)7-12(4)21-8-17/h5-6,12,14H,7-8H2,1-4H3,(H,18,20). The molecule has 1 N–H and O–H groups in total. The second-order valence-corrected chi connectivity index (χ2v) is 7.93. The normalized spacial score (nSPS) is 32.0. The molecule has 4 heteroatoms. The number of benzene rings is 1. The first-order valence-electron chi connectivity index (χ1n) is 7.40. The third-order valence-corrected chi connectivity index (χ3v) is 6.03. The summed E-state index contributed by atoms with van der Waals surface area (Å²) in [4.78, 5) is 25.5. The minimum Gasteiger partial charge on any atom is -0.342 e. The van der Waals surface area contributed by atoms with Crippen molar-refractivity contribution in [2.45, 2.75) is 50.8 Å². The maximum Gasteiger partial charge on any atom is 0.236 e. The predicted molar refractivity (Wildman–Crippen MR) is 85.8 cm³/mol. The molecule has 3 rings (SSSR count). The van der Waals surface area contributed by atoms with E-state index in [-0.39, 0.29) is 11.7 Å². The van der Waals surface area contributed by atoms with Gasteiger partial charge in [-0.05, 0) is 43.9 Å². The lowest BCUT2D eigenvalue weighted by Gasteiger charge is -2.21. The number of Topliss-reactive ketones (excluding diaryl/α,β-unsaturated/α-hetero) is 1. The van der Waals surface area contributed by atoms with Crippen molar-refractivity contribution in [3.63, 3.8) is 0 Å². The highest BCUT2D eigenvalue weighted by molar-refractivity contribution is 8.00. The van der Waals surface area contributed by atoms with Crippen LogP contribution in [0.15, 0.2) is 12.1 Å². The van der Waals surface area contributed by atoms with E-state index in [9.17, 15) is 9.59 Å². The van der Waals surface area contributed by atoms with Gasteiger partial charge in [0.15, 0.2) is 5.78 Å². The summed E-state index contributed by atoms with van der Waals surface area (Å²) in [6.45, 7) is 8.14. The Hall–Kier alpha value is -1.29. The van der Waals surface area contributed by atoms with Crippen molar-refractivity contribution in [3.05, 3.63) is 34.4 Å². The number of carbonyl (C=O) groups excluding carboxylic acids is 2. The zero-order valence-corrected chi connectivity index (χ0v) is 13.8. The van der Waals surface area contributed by atoms with Crippen LogP contribution in [0.5, 0.6) is 0 Å². The van der Waals surface area contributed by atoms with Crippen molar-refractivity contribution in [1.82, 2.24) is 5.32 Å². The lowest BCUT2D eigenvalue weighted by Crippen LogP contribution is -2.46. The molecule has 3 atom stereocenters. The van der Waals surface area contributed by atoms with Gasteiger partial charge in [-0.15, -0.1) is 0 Å². The molecule has 1 amide bonds. The summed E-state index contributed by atoms with van der Waals surface area (Å²) in [5.41, 5.74) is 3.52. The topological polar surface area (TPSA) is 46.2 Å². The highest BCUT2D eigenvalue weighted by atomic mass is 32.2. The Kier molecular flexibility index (Phi) is 3.40. The van der Waals surface area contributed by atoms with Crippen molar-refractivity contribution in [3.8, 4) is 0 Å². The summed E-state index contributed by atoms with van der Waals surface area (Å²) in [5.74, 6) is 0.0276. The summed E-state index contributed by atoms with van der Waals surface area (Å²) in [7, 11) is 0. The molecule has 1 aromatic rings. The number of hydrogen-bond donors (Lipinski definition) is 1. The number of nitrogens with one attached hydrogen (secondary N) is 1. The number of amides is 1. The molecule has 1 spiro atoms. The minimum absolute atomic E-state index is 0.0689. The lowest BCUT2D eigenvalue weighted by molar-refractivity contribution is -0.125. The molecule has 2 aliphatic rings. The highest BCUT2D eigenvalue weighted by Gasteiger charge is 2.56. The van der Waals surface area contributed by atoms with Gasteiger partial charge in [0.1, 0.15) is 11.5 Å². The minimum atomic E-state index is -0.629. The Bertz CT molecular complexity index is 617. The van der Waals surface area contributed by atoms with Gasteiger partial charge in [0.25, 0.3) is 0 Å². The van der Waals surface area contributed by atoms with Crippen LogP contribution in [0.4, 0.5) is 0 Å². The molecular weight excluding hydrogens is 282 g/mol. The van der Waals surface area contributed by atoms with E-state index in [1.54, 1.807) is 11.8 Å². The fourth-order valence-corrected chi connectivity index (χ4v) is 5.13. The molecule has 2 aliphatic heterocycles. The molecule has 1 aromatic carbocycles. The van der Waals surface area contributed by atoms with E-state index in [0.717, 1.165) is 23.1 Å². The fraction of sp³-hybridized carbons (Fsp3) is 0.529. The lowest BCUT2D eigenvalue weighted by atomic mass is 9.82. The van der Waals surface area contributed by atoms with E-state index in [4.69, 9.17) is 0 Å². The van der Waals surface area contributed by atoms with Crippen molar-refractivity contribution in [2.75, 3.05) is 5.75 Å². The summed E-state index contributed by atoms with van der Waals surface area (Å²) in [6.07, 6.45) is 0.753. The van der Waals surface area contributed by atoms with E-state index < -0.39 is 11.5 Å². The number of aryl methyl sites for hydroxylation is 3. The first kappa shape index (κ1) is 14.6. The van der Waals surface area contributed by atoms with Gasteiger partial charge in [-0.1, -0.05) is 24.6 Å². The van der Waals surface area contributed by atoms with Gasteiger partial charge in [0.2, 0.25) is 5.91 Å². The zero-order chi connectivity index (χ0) is 15.4. The van der Waals surface area contributed by atoms with Crippen LogP contribution in [0.25, 0.3) is 0 Å². The molecule has 0 aliphatic carbocycles. The van der Waals surface area contributed by atoms with Crippen molar-refractivity contribution >= 4 is 23.5 Å². The third-order valence-electron chi connectivity index (χ3n) is 4.64. The fourth-order valence-electron chi connectivity index (χ4n) is 3.83. The van der Waals surface area contributed by atoms with Crippen LogP contribution < -0.4 is 5.32 Å². The zero-order valence-electron chi connectivity index (χ0n) is 12.9. The molecule has 2 fully saturated rings. The molecule has 112 valence electrons. The third kappa shape index (κ3) is 2.20. The van der Waals surface area contributed by atoms with Crippen LogP contribution in [0, 0.1) is 20.8 Å². The molecule has 0 bridgehead atoms. The van der Waals surface area contributed by atoms with E-state index >= 15 is 0 Å². The van der Waals surface area contributed by atoms with Crippen LogP contribution >= 0.6 is 11.8 Å². The second-order valence-electron chi connectivity index (χ2n) is 6.51.